The summed E-state index contributed by atoms with van der Waals surface area (Å²) >= 11 is 0. The Labute approximate surface area is 128 Å². The van der Waals surface area contributed by atoms with Crippen molar-refractivity contribution in [3.8, 4) is 0 Å². The van der Waals surface area contributed by atoms with Crippen molar-refractivity contribution in [3.63, 3.8) is 0 Å². The molecule has 2 aromatic heterocycles. The van der Waals surface area contributed by atoms with Gasteiger partial charge in [-0.25, -0.2) is 9.99 Å². The molecule has 0 bridgehead atoms. The van der Waals surface area contributed by atoms with E-state index in [1.165, 1.54) is 0 Å². The summed E-state index contributed by atoms with van der Waals surface area (Å²) in [6, 6.07) is 11.6. The van der Waals surface area contributed by atoms with Gasteiger partial charge in [-0.2, -0.15) is 5.10 Å². The van der Waals surface area contributed by atoms with Crippen molar-refractivity contribution in [3.05, 3.63) is 66.1 Å². The van der Waals surface area contributed by atoms with Crippen molar-refractivity contribution >= 4 is 23.0 Å². The number of rotatable bonds is 4. The van der Waals surface area contributed by atoms with Gasteiger partial charge in [-0.05, 0) is 19.1 Å². The molecule has 110 valence electrons. The molecule has 5 nitrogen and oxygen atoms in total. The maximum atomic E-state index is 12.1. The van der Waals surface area contributed by atoms with Crippen LogP contribution in [0.15, 0.2) is 60.1 Å². The van der Waals surface area contributed by atoms with Gasteiger partial charge in [-0.1, -0.05) is 18.2 Å². The molecular formula is C17H17N4O+. The highest BCUT2D eigenvalue weighted by atomic mass is 16.2. The van der Waals surface area contributed by atoms with Crippen molar-refractivity contribution in [1.29, 1.82) is 0 Å². The quantitative estimate of drug-likeness (QED) is 0.432. The largest absolute Gasteiger partial charge is 0.361 e. The minimum atomic E-state index is -0.223. The number of carbonyl (C=O) groups is 1. The molecule has 0 fully saturated rings. The number of H-pyrrole nitrogens is 1. The molecule has 2 N–H and O–H groups in total. The molecule has 0 aliphatic rings. The number of benzene rings is 1. The van der Waals surface area contributed by atoms with Gasteiger partial charge in [0.05, 0.1) is 6.21 Å². The van der Waals surface area contributed by atoms with E-state index in [0.717, 1.165) is 23.0 Å². The lowest BCUT2D eigenvalue weighted by atomic mass is 10.2. The highest BCUT2D eigenvalue weighted by molar-refractivity contribution is 6.00. The van der Waals surface area contributed by atoms with Gasteiger partial charge in [0.25, 0.3) is 5.91 Å². The van der Waals surface area contributed by atoms with Gasteiger partial charge in [0.1, 0.15) is 12.1 Å². The number of carbonyl (C=O) groups excluding carboxylic acids is 1. The third kappa shape index (κ3) is 2.88. The van der Waals surface area contributed by atoms with E-state index in [0.29, 0.717) is 5.56 Å². The monoisotopic (exact) mass is 293 g/mol. The van der Waals surface area contributed by atoms with Crippen LogP contribution in [0.1, 0.15) is 22.8 Å². The lowest BCUT2D eigenvalue weighted by molar-refractivity contribution is -0.693. The molecule has 0 saturated carbocycles. The predicted octanol–water partition coefficient (Wildman–Crippen LogP) is 2.24. The lowest BCUT2D eigenvalue weighted by Gasteiger charge is -1.98. The lowest BCUT2D eigenvalue weighted by Crippen LogP contribution is -2.33. The Balaban J connectivity index is 1.72. The number of nitrogens with zero attached hydrogens (tertiary/aromatic N) is 2. The number of nitrogens with one attached hydrogen (secondary N) is 2. The van der Waals surface area contributed by atoms with Crippen LogP contribution in [0.2, 0.25) is 0 Å². The second-order valence-electron chi connectivity index (χ2n) is 4.91. The Morgan fingerprint density at radius 2 is 2.18 bits per heavy atom. The fraction of sp³-hybridized carbons (Fsp3) is 0.118. The summed E-state index contributed by atoms with van der Waals surface area (Å²) in [5.74, 6) is -0.223. The first-order chi connectivity index (χ1) is 10.8. The smallest absolute Gasteiger partial charge is 0.277 e. The van der Waals surface area contributed by atoms with Crippen LogP contribution >= 0.6 is 0 Å². The Morgan fingerprint density at radius 1 is 1.32 bits per heavy atom. The number of hydrazone groups is 1. The van der Waals surface area contributed by atoms with Gasteiger partial charge < -0.3 is 4.98 Å². The molecule has 2 heterocycles. The van der Waals surface area contributed by atoms with Gasteiger partial charge in [-0.15, -0.1) is 0 Å². The number of hydrogen-bond donors (Lipinski definition) is 2. The summed E-state index contributed by atoms with van der Waals surface area (Å²) in [5, 5.41) is 5.12. The zero-order valence-corrected chi connectivity index (χ0v) is 12.3. The zero-order valence-electron chi connectivity index (χ0n) is 12.3. The summed E-state index contributed by atoms with van der Waals surface area (Å²) in [5.41, 5.74) is 5.12. The van der Waals surface area contributed by atoms with Gasteiger partial charge in [0.2, 0.25) is 0 Å². The summed E-state index contributed by atoms with van der Waals surface area (Å²) in [4.78, 5) is 15.2. The molecule has 0 atom stereocenters. The van der Waals surface area contributed by atoms with Crippen LogP contribution in [0.25, 0.3) is 10.9 Å². The van der Waals surface area contributed by atoms with Gasteiger partial charge in [-0.3, -0.25) is 4.79 Å². The van der Waals surface area contributed by atoms with Crippen LogP contribution < -0.4 is 9.99 Å². The van der Waals surface area contributed by atoms with Crippen molar-refractivity contribution in [2.45, 2.75) is 13.5 Å². The Morgan fingerprint density at radius 3 is 3.05 bits per heavy atom. The molecule has 0 aliphatic carbocycles. The summed E-state index contributed by atoms with van der Waals surface area (Å²) < 4.78 is 1.94. The number of pyridine rings is 1. The molecule has 0 saturated heterocycles. The zero-order chi connectivity index (χ0) is 15.4. The van der Waals surface area contributed by atoms with E-state index in [4.69, 9.17) is 0 Å². The second-order valence-corrected chi connectivity index (χ2v) is 4.91. The second kappa shape index (κ2) is 6.22. The number of amides is 1. The summed E-state index contributed by atoms with van der Waals surface area (Å²) in [6.45, 7) is 2.84. The molecule has 0 unspecified atom stereocenters. The minimum absolute atomic E-state index is 0.223. The molecule has 0 radical (unpaired) electrons. The highest BCUT2D eigenvalue weighted by Crippen LogP contribution is 2.15. The fourth-order valence-electron chi connectivity index (χ4n) is 2.28. The summed E-state index contributed by atoms with van der Waals surface area (Å²) in [7, 11) is 0. The molecule has 1 amide bonds. The van der Waals surface area contributed by atoms with E-state index in [1.54, 1.807) is 18.5 Å². The number of aromatic amines is 1. The first-order valence-electron chi connectivity index (χ1n) is 7.16. The number of para-hydroxylation sites is 1. The maximum absolute atomic E-state index is 12.1. The van der Waals surface area contributed by atoms with E-state index >= 15 is 0 Å². The average Bonchev–Trinajstić information content (AvgIpc) is 2.98. The maximum Gasteiger partial charge on any atom is 0.277 e. The Bertz CT molecular complexity index is 835. The van der Waals surface area contributed by atoms with Crippen LogP contribution in [0.3, 0.4) is 0 Å². The third-order valence-electron chi connectivity index (χ3n) is 3.48. The third-order valence-corrected chi connectivity index (χ3v) is 3.48. The van der Waals surface area contributed by atoms with Crippen LogP contribution in [-0.4, -0.2) is 17.1 Å². The van der Waals surface area contributed by atoms with E-state index in [2.05, 4.69) is 15.5 Å². The molecule has 3 rings (SSSR count). The number of aromatic nitrogens is 2. The molecule has 3 aromatic rings. The van der Waals surface area contributed by atoms with Gasteiger partial charge in [0, 0.05) is 28.7 Å². The van der Waals surface area contributed by atoms with Crippen LogP contribution in [0.5, 0.6) is 0 Å². The number of aryl methyl sites for hydroxylation is 1. The average molecular weight is 293 g/mol. The first kappa shape index (κ1) is 14.0. The van der Waals surface area contributed by atoms with E-state index in [9.17, 15) is 4.79 Å². The van der Waals surface area contributed by atoms with Crippen LogP contribution in [0.4, 0.5) is 0 Å². The van der Waals surface area contributed by atoms with E-state index < -0.39 is 0 Å². The molecule has 5 heteroatoms. The van der Waals surface area contributed by atoms with Crippen LogP contribution in [0, 0.1) is 0 Å². The van der Waals surface area contributed by atoms with Crippen molar-refractivity contribution in [2.24, 2.45) is 5.10 Å². The van der Waals surface area contributed by atoms with Crippen molar-refractivity contribution < 1.29 is 9.36 Å². The molecular weight excluding hydrogens is 276 g/mol. The topological polar surface area (TPSA) is 61.1 Å². The van der Waals surface area contributed by atoms with Crippen molar-refractivity contribution in [1.82, 2.24) is 10.4 Å². The van der Waals surface area contributed by atoms with Crippen molar-refractivity contribution in [2.75, 3.05) is 0 Å². The van der Waals surface area contributed by atoms with Crippen LogP contribution in [-0.2, 0) is 6.54 Å². The Kier molecular flexibility index (Phi) is 3.96. The number of hydrogen-bond acceptors (Lipinski definition) is 2. The van der Waals surface area contributed by atoms with Gasteiger partial charge in [0.15, 0.2) is 12.4 Å². The molecule has 22 heavy (non-hydrogen) atoms. The van der Waals surface area contributed by atoms with E-state index in [-0.39, 0.29) is 5.91 Å². The Hall–Kier alpha value is -2.95. The summed E-state index contributed by atoms with van der Waals surface area (Å²) in [6.07, 6.45) is 7.24. The minimum Gasteiger partial charge on any atom is -0.361 e. The number of fused-ring (bicyclic) bond motifs is 1. The SMILES string of the molecule is CC[n+]1cccc(C(=O)N/N=C/c2c[nH]c3ccccc23)c1. The molecule has 0 spiro atoms. The fourth-order valence-corrected chi connectivity index (χ4v) is 2.28. The standard InChI is InChI=1S/C17H16N4O/c1-2-21-9-5-6-13(12-21)17(22)20-19-11-14-10-18-16-8-4-3-7-15(14)16/h3-12H,2H2,1H3,(H-,18,19,20,22)/p+1. The molecule has 0 aliphatic heterocycles. The molecule has 1 aromatic carbocycles. The highest BCUT2D eigenvalue weighted by Gasteiger charge is 2.08. The van der Waals surface area contributed by atoms with Gasteiger partial charge >= 0.3 is 0 Å². The first-order valence-corrected chi connectivity index (χ1v) is 7.16. The predicted molar refractivity (Wildman–Crippen MR) is 85.7 cm³/mol. The van der Waals surface area contributed by atoms with E-state index in [1.807, 2.05) is 54.2 Å². The normalized spacial score (nSPS) is 11.1.